The van der Waals surface area contributed by atoms with E-state index in [0.29, 0.717) is 0 Å². The molecule has 0 fully saturated rings. The molecule has 0 radical (unpaired) electrons. The zero-order valence-corrected chi connectivity index (χ0v) is 12.4. The molecule has 3 nitrogen and oxygen atoms in total. The van der Waals surface area contributed by atoms with Crippen molar-refractivity contribution in [2.45, 2.75) is 11.8 Å². The van der Waals surface area contributed by atoms with Crippen LogP contribution in [0.15, 0.2) is 77.7 Å². The lowest BCUT2D eigenvalue weighted by Gasteiger charge is -1.95. The predicted molar refractivity (Wildman–Crippen MR) is 84.9 cm³/mol. The minimum Gasteiger partial charge on any atom is -0.282 e. The Morgan fingerprint density at radius 1 is 0.714 bits per heavy atom. The SMILES string of the molecule is Cc1ccc(S(=O)(=O)O)cc1.c1ccc2ccccc2c1. The van der Waals surface area contributed by atoms with Crippen LogP contribution in [-0.2, 0) is 10.1 Å². The van der Waals surface area contributed by atoms with Crippen molar-refractivity contribution in [3.05, 3.63) is 78.4 Å². The average Bonchev–Trinajstić information content (AvgIpc) is 2.47. The van der Waals surface area contributed by atoms with Crippen molar-refractivity contribution in [2.75, 3.05) is 0 Å². The molecule has 0 aromatic heterocycles. The van der Waals surface area contributed by atoms with Gasteiger partial charge in [0.25, 0.3) is 10.1 Å². The number of fused-ring (bicyclic) bond motifs is 1. The Balaban J connectivity index is 0.000000154. The molecular weight excluding hydrogens is 284 g/mol. The number of rotatable bonds is 1. The largest absolute Gasteiger partial charge is 0.294 e. The third kappa shape index (κ3) is 4.41. The second kappa shape index (κ2) is 6.52. The van der Waals surface area contributed by atoms with E-state index in [1.54, 1.807) is 12.1 Å². The summed E-state index contributed by atoms with van der Waals surface area (Å²) in [5.41, 5.74) is 0.956. The Labute approximate surface area is 124 Å². The molecule has 0 saturated heterocycles. The first-order valence-electron chi connectivity index (χ1n) is 6.45. The molecule has 0 aliphatic carbocycles. The minimum absolute atomic E-state index is 0.0666. The van der Waals surface area contributed by atoms with E-state index in [1.807, 2.05) is 6.92 Å². The van der Waals surface area contributed by atoms with E-state index in [-0.39, 0.29) is 4.90 Å². The Morgan fingerprint density at radius 3 is 1.43 bits per heavy atom. The first-order chi connectivity index (χ1) is 9.97. The molecule has 4 heteroatoms. The van der Waals surface area contributed by atoms with E-state index in [1.165, 1.54) is 22.9 Å². The fraction of sp³-hybridized carbons (Fsp3) is 0.0588. The second-order valence-electron chi connectivity index (χ2n) is 4.64. The molecule has 0 amide bonds. The van der Waals surface area contributed by atoms with E-state index < -0.39 is 10.1 Å². The Bertz CT molecular complexity index is 757. The van der Waals surface area contributed by atoms with Crippen LogP contribution < -0.4 is 0 Å². The van der Waals surface area contributed by atoms with Crippen LogP contribution in [0.2, 0.25) is 0 Å². The molecule has 0 saturated carbocycles. The highest BCUT2D eigenvalue weighted by atomic mass is 32.2. The first kappa shape index (κ1) is 15.2. The molecule has 3 rings (SSSR count). The van der Waals surface area contributed by atoms with Crippen molar-refractivity contribution in [1.29, 1.82) is 0 Å². The van der Waals surface area contributed by atoms with Crippen LogP contribution in [0.3, 0.4) is 0 Å². The summed E-state index contributed by atoms with van der Waals surface area (Å²) in [5.74, 6) is 0. The number of hydrogen-bond donors (Lipinski definition) is 1. The second-order valence-corrected chi connectivity index (χ2v) is 6.06. The molecule has 0 heterocycles. The van der Waals surface area contributed by atoms with Crippen molar-refractivity contribution in [2.24, 2.45) is 0 Å². The zero-order valence-electron chi connectivity index (χ0n) is 11.6. The number of benzene rings is 3. The van der Waals surface area contributed by atoms with E-state index in [0.717, 1.165) is 5.56 Å². The molecule has 0 unspecified atom stereocenters. The lowest BCUT2D eigenvalue weighted by atomic mass is 10.1. The first-order valence-corrected chi connectivity index (χ1v) is 7.89. The standard InChI is InChI=1S/C10H8.C7H8O3S/c1-2-6-10-8-4-3-7-9(10)5-1;1-6-2-4-7(5-3-6)11(8,9)10/h1-8H;2-5H,1H3,(H,8,9,10). The van der Waals surface area contributed by atoms with Gasteiger partial charge in [0.2, 0.25) is 0 Å². The highest BCUT2D eigenvalue weighted by Gasteiger charge is 2.06. The summed E-state index contributed by atoms with van der Waals surface area (Å²) < 4.78 is 29.6. The van der Waals surface area contributed by atoms with Gasteiger partial charge in [0.05, 0.1) is 4.90 Å². The van der Waals surface area contributed by atoms with Crippen molar-refractivity contribution < 1.29 is 13.0 Å². The fourth-order valence-electron chi connectivity index (χ4n) is 1.84. The molecule has 0 atom stereocenters. The van der Waals surface area contributed by atoms with E-state index >= 15 is 0 Å². The molecule has 108 valence electrons. The zero-order chi connectivity index (χ0) is 15.3. The summed E-state index contributed by atoms with van der Waals surface area (Å²) in [7, 11) is -4.02. The van der Waals surface area contributed by atoms with Gasteiger partial charge in [-0.2, -0.15) is 8.42 Å². The smallest absolute Gasteiger partial charge is 0.282 e. The molecule has 0 aliphatic rings. The molecule has 0 aliphatic heterocycles. The quantitative estimate of drug-likeness (QED) is 0.689. The van der Waals surface area contributed by atoms with Crippen molar-refractivity contribution in [3.63, 3.8) is 0 Å². The Kier molecular flexibility index (Phi) is 4.73. The molecule has 0 spiro atoms. The van der Waals surface area contributed by atoms with E-state index in [2.05, 4.69) is 48.5 Å². The third-order valence-electron chi connectivity index (χ3n) is 2.98. The summed E-state index contributed by atoms with van der Waals surface area (Å²) in [6.45, 7) is 1.84. The lowest BCUT2D eigenvalue weighted by molar-refractivity contribution is 0.483. The maximum Gasteiger partial charge on any atom is 0.294 e. The molecule has 21 heavy (non-hydrogen) atoms. The van der Waals surface area contributed by atoms with Gasteiger partial charge in [-0.1, -0.05) is 66.2 Å². The molecular formula is C17H16O3S. The van der Waals surface area contributed by atoms with E-state index in [9.17, 15) is 8.42 Å². The number of aryl methyl sites for hydroxylation is 1. The maximum atomic E-state index is 10.5. The summed E-state index contributed by atoms with van der Waals surface area (Å²) in [6, 6.07) is 22.7. The average molecular weight is 300 g/mol. The molecule has 3 aromatic rings. The summed E-state index contributed by atoms with van der Waals surface area (Å²) in [4.78, 5) is -0.0666. The van der Waals surface area contributed by atoms with E-state index in [4.69, 9.17) is 4.55 Å². The molecule has 3 aromatic carbocycles. The lowest BCUT2D eigenvalue weighted by Crippen LogP contribution is -1.96. The van der Waals surface area contributed by atoms with Crippen molar-refractivity contribution in [3.8, 4) is 0 Å². The van der Waals surface area contributed by atoms with Gasteiger partial charge in [0.1, 0.15) is 0 Å². The fourth-order valence-corrected chi connectivity index (χ4v) is 2.32. The maximum absolute atomic E-state index is 10.5. The summed E-state index contributed by atoms with van der Waals surface area (Å²) in [6.07, 6.45) is 0. The third-order valence-corrected chi connectivity index (χ3v) is 3.85. The number of hydrogen-bond acceptors (Lipinski definition) is 2. The van der Waals surface area contributed by atoms with Crippen LogP contribution in [0.5, 0.6) is 0 Å². The van der Waals surface area contributed by atoms with Gasteiger partial charge >= 0.3 is 0 Å². The van der Waals surface area contributed by atoms with Crippen LogP contribution in [0.1, 0.15) is 5.56 Å². The van der Waals surface area contributed by atoms with Crippen LogP contribution in [-0.4, -0.2) is 13.0 Å². The van der Waals surface area contributed by atoms with Gasteiger partial charge in [-0.05, 0) is 29.8 Å². The summed E-state index contributed by atoms with van der Waals surface area (Å²) in [5, 5.41) is 2.62. The van der Waals surface area contributed by atoms with Crippen molar-refractivity contribution in [1.82, 2.24) is 0 Å². The van der Waals surface area contributed by atoms with Gasteiger partial charge in [-0.25, -0.2) is 0 Å². The predicted octanol–water partition coefficient (Wildman–Crippen LogP) is 4.08. The topological polar surface area (TPSA) is 54.4 Å². The van der Waals surface area contributed by atoms with Crippen LogP contribution in [0.25, 0.3) is 10.8 Å². The summed E-state index contributed by atoms with van der Waals surface area (Å²) >= 11 is 0. The Hall–Kier alpha value is -2.17. The monoisotopic (exact) mass is 300 g/mol. The van der Waals surface area contributed by atoms with Gasteiger partial charge in [-0.15, -0.1) is 0 Å². The van der Waals surface area contributed by atoms with Crippen LogP contribution >= 0.6 is 0 Å². The Morgan fingerprint density at radius 2 is 1.10 bits per heavy atom. The van der Waals surface area contributed by atoms with Gasteiger partial charge in [-0.3, -0.25) is 4.55 Å². The molecule has 0 bridgehead atoms. The normalized spacial score (nSPS) is 10.8. The van der Waals surface area contributed by atoms with Gasteiger partial charge < -0.3 is 0 Å². The van der Waals surface area contributed by atoms with Crippen molar-refractivity contribution >= 4 is 20.9 Å². The van der Waals surface area contributed by atoms with Crippen LogP contribution in [0, 0.1) is 6.92 Å². The molecule has 1 N–H and O–H groups in total. The van der Waals surface area contributed by atoms with Gasteiger partial charge in [0, 0.05) is 0 Å². The minimum atomic E-state index is -4.02. The highest BCUT2D eigenvalue weighted by molar-refractivity contribution is 7.85. The van der Waals surface area contributed by atoms with Crippen LogP contribution in [0.4, 0.5) is 0 Å². The van der Waals surface area contributed by atoms with Gasteiger partial charge in [0.15, 0.2) is 0 Å². The highest BCUT2D eigenvalue weighted by Crippen LogP contribution is 2.11.